The zero-order valence-corrected chi connectivity index (χ0v) is 12.8. The van der Waals surface area contributed by atoms with E-state index in [0.717, 1.165) is 17.8 Å². The summed E-state index contributed by atoms with van der Waals surface area (Å²) in [5.41, 5.74) is 9.96. The molecule has 3 rings (SSSR count). The first-order chi connectivity index (χ1) is 10.6. The maximum atomic E-state index is 12.1. The van der Waals surface area contributed by atoms with Crippen molar-refractivity contribution in [2.45, 2.75) is 26.2 Å². The van der Waals surface area contributed by atoms with Gasteiger partial charge in [0.05, 0.1) is 18.2 Å². The first-order valence-electron chi connectivity index (χ1n) is 7.52. The van der Waals surface area contributed by atoms with Crippen LogP contribution in [0.3, 0.4) is 0 Å². The van der Waals surface area contributed by atoms with Crippen LogP contribution in [0.1, 0.15) is 46.6 Å². The molecule has 0 amide bonds. The van der Waals surface area contributed by atoms with Gasteiger partial charge in [-0.15, -0.1) is 0 Å². The molecule has 1 fully saturated rings. The van der Waals surface area contributed by atoms with Crippen LogP contribution >= 0.6 is 0 Å². The van der Waals surface area contributed by atoms with E-state index in [9.17, 15) is 4.79 Å². The SMILES string of the molecule is Cc1c(C(=O)CN)cc([C@@H]2C[C@H]2C)n1-c1ccc(C#N)cc1. The first-order valence-corrected chi connectivity index (χ1v) is 7.52. The molecule has 1 aromatic heterocycles. The summed E-state index contributed by atoms with van der Waals surface area (Å²) in [6.07, 6.45) is 1.15. The van der Waals surface area contributed by atoms with E-state index >= 15 is 0 Å². The highest BCUT2D eigenvalue weighted by Gasteiger charge is 2.37. The lowest BCUT2D eigenvalue weighted by molar-refractivity contribution is 0.100. The number of rotatable bonds is 4. The maximum Gasteiger partial charge on any atom is 0.178 e. The van der Waals surface area contributed by atoms with Gasteiger partial charge in [0.15, 0.2) is 5.78 Å². The third-order valence-corrected chi connectivity index (χ3v) is 4.51. The molecule has 4 heteroatoms. The molecule has 1 aliphatic carbocycles. The number of nitrogens with two attached hydrogens (primary N) is 1. The number of carbonyl (C=O) groups excluding carboxylic acids is 1. The maximum absolute atomic E-state index is 12.1. The van der Waals surface area contributed by atoms with Crippen LogP contribution in [-0.4, -0.2) is 16.9 Å². The monoisotopic (exact) mass is 293 g/mol. The number of carbonyl (C=O) groups is 1. The van der Waals surface area contributed by atoms with Crippen molar-refractivity contribution in [2.24, 2.45) is 11.7 Å². The molecule has 2 atom stereocenters. The zero-order chi connectivity index (χ0) is 15.9. The largest absolute Gasteiger partial charge is 0.324 e. The van der Waals surface area contributed by atoms with Crippen LogP contribution < -0.4 is 5.73 Å². The van der Waals surface area contributed by atoms with E-state index in [4.69, 9.17) is 11.0 Å². The molecule has 0 radical (unpaired) electrons. The average Bonchev–Trinajstić information content (AvgIpc) is 3.16. The lowest BCUT2D eigenvalue weighted by Gasteiger charge is -2.12. The molecule has 22 heavy (non-hydrogen) atoms. The molecule has 1 heterocycles. The second-order valence-electron chi connectivity index (χ2n) is 6.01. The van der Waals surface area contributed by atoms with E-state index in [0.29, 0.717) is 23.0 Å². The number of hydrogen-bond donors (Lipinski definition) is 1. The Morgan fingerprint density at radius 2 is 2.05 bits per heavy atom. The topological polar surface area (TPSA) is 71.8 Å². The number of Topliss-reactive ketones (excluding diaryl/α,β-unsaturated/α-hetero) is 1. The standard InChI is InChI=1S/C18H19N3O/c1-11-7-15(11)17-8-16(18(22)10-20)12(2)21(17)14-5-3-13(9-19)4-6-14/h3-6,8,11,15H,7,10,20H2,1-2H3/t11-,15-/m1/s1. The summed E-state index contributed by atoms with van der Waals surface area (Å²) >= 11 is 0. The van der Waals surface area contributed by atoms with Crippen LogP contribution in [0.25, 0.3) is 5.69 Å². The van der Waals surface area contributed by atoms with Gasteiger partial charge in [-0.2, -0.15) is 5.26 Å². The van der Waals surface area contributed by atoms with Gasteiger partial charge < -0.3 is 10.3 Å². The van der Waals surface area contributed by atoms with Gasteiger partial charge >= 0.3 is 0 Å². The highest BCUT2D eigenvalue weighted by molar-refractivity contribution is 5.99. The summed E-state index contributed by atoms with van der Waals surface area (Å²) in [7, 11) is 0. The molecule has 0 saturated heterocycles. The summed E-state index contributed by atoms with van der Waals surface area (Å²) in [6.45, 7) is 4.20. The highest BCUT2D eigenvalue weighted by atomic mass is 16.1. The van der Waals surface area contributed by atoms with Gasteiger partial charge in [0.25, 0.3) is 0 Å². The van der Waals surface area contributed by atoms with Gasteiger partial charge in [-0.3, -0.25) is 4.79 Å². The molecule has 2 N–H and O–H groups in total. The number of benzene rings is 1. The van der Waals surface area contributed by atoms with Crippen molar-refractivity contribution < 1.29 is 4.79 Å². The second kappa shape index (κ2) is 5.43. The number of nitrogens with zero attached hydrogens (tertiary/aromatic N) is 2. The normalized spacial score (nSPS) is 19.7. The molecular weight excluding hydrogens is 274 g/mol. The van der Waals surface area contributed by atoms with Crippen molar-refractivity contribution in [1.82, 2.24) is 4.57 Å². The van der Waals surface area contributed by atoms with Crippen LogP contribution in [0.2, 0.25) is 0 Å². The van der Waals surface area contributed by atoms with Gasteiger partial charge in [-0.1, -0.05) is 6.92 Å². The Morgan fingerprint density at radius 1 is 1.41 bits per heavy atom. The Balaban J connectivity index is 2.13. The summed E-state index contributed by atoms with van der Waals surface area (Å²) in [6, 6.07) is 11.6. The summed E-state index contributed by atoms with van der Waals surface area (Å²) in [5.74, 6) is 1.11. The van der Waals surface area contributed by atoms with E-state index in [1.54, 1.807) is 12.1 Å². The molecule has 4 nitrogen and oxygen atoms in total. The van der Waals surface area contributed by atoms with Crippen molar-refractivity contribution in [2.75, 3.05) is 6.54 Å². The molecule has 0 unspecified atom stereocenters. The fourth-order valence-corrected chi connectivity index (χ4v) is 3.06. The summed E-state index contributed by atoms with van der Waals surface area (Å²) < 4.78 is 2.14. The minimum Gasteiger partial charge on any atom is -0.324 e. The molecule has 1 saturated carbocycles. The predicted molar refractivity (Wildman–Crippen MR) is 85.1 cm³/mol. The Kier molecular flexibility index (Phi) is 3.59. The molecule has 1 aliphatic rings. The van der Waals surface area contributed by atoms with Gasteiger partial charge in [0.2, 0.25) is 0 Å². The Labute approximate surface area is 130 Å². The van der Waals surface area contributed by atoms with Crippen molar-refractivity contribution in [1.29, 1.82) is 5.26 Å². The summed E-state index contributed by atoms with van der Waals surface area (Å²) in [4.78, 5) is 12.1. The van der Waals surface area contributed by atoms with E-state index in [1.807, 2.05) is 25.1 Å². The lowest BCUT2D eigenvalue weighted by Crippen LogP contribution is -2.14. The fraction of sp³-hybridized carbons (Fsp3) is 0.333. The summed E-state index contributed by atoms with van der Waals surface area (Å²) in [5, 5.41) is 8.93. The van der Waals surface area contributed by atoms with Crippen LogP contribution in [0.4, 0.5) is 0 Å². The minimum absolute atomic E-state index is 0.0257. The smallest absolute Gasteiger partial charge is 0.178 e. The number of aromatic nitrogens is 1. The molecule has 0 aliphatic heterocycles. The zero-order valence-electron chi connectivity index (χ0n) is 12.8. The fourth-order valence-electron chi connectivity index (χ4n) is 3.06. The van der Waals surface area contributed by atoms with Gasteiger partial charge in [0, 0.05) is 28.6 Å². The number of ketones is 1. The second-order valence-corrected chi connectivity index (χ2v) is 6.01. The van der Waals surface area contributed by atoms with Crippen molar-refractivity contribution in [3.8, 4) is 11.8 Å². The van der Waals surface area contributed by atoms with E-state index in [1.165, 1.54) is 5.69 Å². The van der Waals surface area contributed by atoms with Crippen LogP contribution in [-0.2, 0) is 0 Å². The number of nitriles is 1. The van der Waals surface area contributed by atoms with Crippen LogP contribution in [0.15, 0.2) is 30.3 Å². The van der Waals surface area contributed by atoms with Gasteiger partial charge in [-0.05, 0) is 49.6 Å². The van der Waals surface area contributed by atoms with E-state index < -0.39 is 0 Å². The van der Waals surface area contributed by atoms with Crippen molar-refractivity contribution in [3.63, 3.8) is 0 Å². The van der Waals surface area contributed by atoms with E-state index in [2.05, 4.69) is 17.6 Å². The third-order valence-electron chi connectivity index (χ3n) is 4.51. The Hall–Kier alpha value is -2.38. The molecule has 0 bridgehead atoms. The first kappa shape index (κ1) is 14.6. The molecular formula is C18H19N3O. The van der Waals surface area contributed by atoms with Crippen LogP contribution in [0, 0.1) is 24.2 Å². The van der Waals surface area contributed by atoms with Gasteiger partial charge in [-0.25, -0.2) is 0 Å². The molecule has 1 aromatic carbocycles. The Bertz CT molecular complexity index is 765. The quantitative estimate of drug-likeness (QED) is 0.881. The predicted octanol–water partition coefficient (Wildman–Crippen LogP) is 2.92. The number of hydrogen-bond acceptors (Lipinski definition) is 3. The van der Waals surface area contributed by atoms with E-state index in [-0.39, 0.29) is 12.3 Å². The third kappa shape index (κ3) is 2.34. The molecule has 0 spiro atoms. The lowest BCUT2D eigenvalue weighted by atomic mass is 10.1. The van der Waals surface area contributed by atoms with Gasteiger partial charge in [0.1, 0.15) is 0 Å². The minimum atomic E-state index is -0.0283. The van der Waals surface area contributed by atoms with Crippen molar-refractivity contribution in [3.05, 3.63) is 52.8 Å². The Morgan fingerprint density at radius 3 is 2.55 bits per heavy atom. The van der Waals surface area contributed by atoms with Crippen LogP contribution in [0.5, 0.6) is 0 Å². The van der Waals surface area contributed by atoms with Crippen molar-refractivity contribution >= 4 is 5.78 Å². The average molecular weight is 293 g/mol. The molecule has 112 valence electrons. The highest BCUT2D eigenvalue weighted by Crippen LogP contribution is 2.48. The molecule has 2 aromatic rings.